The zero-order valence-corrected chi connectivity index (χ0v) is 11.0. The quantitative estimate of drug-likeness (QED) is 0.757. The van der Waals surface area contributed by atoms with Crippen LogP contribution in [0.5, 0.6) is 0 Å². The minimum absolute atomic E-state index is 0.431. The lowest BCUT2D eigenvalue weighted by molar-refractivity contribution is -0.121. The molecule has 0 aliphatic rings. The summed E-state index contributed by atoms with van der Waals surface area (Å²) < 4.78 is 0. The Hall–Kier alpha value is -2.69. The highest BCUT2D eigenvalue weighted by Crippen LogP contribution is 2.31. The molecule has 0 bridgehead atoms. The van der Waals surface area contributed by atoms with Crippen LogP contribution in [0.15, 0.2) is 48.8 Å². The molecule has 0 saturated carbocycles. The van der Waals surface area contributed by atoms with E-state index >= 15 is 0 Å². The SMILES string of the molecule is CC(C(N)=O)(c1ccc2[nH]ncc2c1)c1ccccn1. The number of rotatable bonds is 3. The van der Waals surface area contributed by atoms with Crippen molar-refractivity contribution in [1.82, 2.24) is 15.2 Å². The van der Waals surface area contributed by atoms with Gasteiger partial charge in [-0.3, -0.25) is 14.9 Å². The molecule has 20 heavy (non-hydrogen) atoms. The number of benzene rings is 1. The van der Waals surface area contributed by atoms with Crippen molar-refractivity contribution in [2.45, 2.75) is 12.3 Å². The monoisotopic (exact) mass is 266 g/mol. The van der Waals surface area contributed by atoms with Crippen LogP contribution in [0.2, 0.25) is 0 Å². The number of hydrogen-bond acceptors (Lipinski definition) is 3. The number of amides is 1. The summed E-state index contributed by atoms with van der Waals surface area (Å²) in [7, 11) is 0. The van der Waals surface area contributed by atoms with Gasteiger partial charge in [-0.1, -0.05) is 12.1 Å². The zero-order chi connectivity index (χ0) is 14.2. The molecule has 2 aromatic heterocycles. The van der Waals surface area contributed by atoms with Crippen LogP contribution in [-0.4, -0.2) is 21.1 Å². The number of H-pyrrole nitrogens is 1. The van der Waals surface area contributed by atoms with Gasteiger partial charge in [0, 0.05) is 11.6 Å². The summed E-state index contributed by atoms with van der Waals surface area (Å²) in [6, 6.07) is 11.1. The second-order valence-electron chi connectivity index (χ2n) is 4.88. The maximum Gasteiger partial charge on any atom is 0.233 e. The van der Waals surface area contributed by atoms with Crippen LogP contribution in [0.4, 0.5) is 0 Å². The highest BCUT2D eigenvalue weighted by molar-refractivity contribution is 5.91. The smallest absolute Gasteiger partial charge is 0.233 e. The van der Waals surface area contributed by atoms with E-state index in [0.29, 0.717) is 5.69 Å². The van der Waals surface area contributed by atoms with Crippen molar-refractivity contribution in [2.24, 2.45) is 5.73 Å². The third kappa shape index (κ3) is 1.75. The van der Waals surface area contributed by atoms with Gasteiger partial charge in [0.2, 0.25) is 5.91 Å². The summed E-state index contributed by atoms with van der Waals surface area (Å²) in [6.45, 7) is 1.79. The van der Waals surface area contributed by atoms with E-state index in [1.54, 1.807) is 19.3 Å². The second-order valence-corrected chi connectivity index (χ2v) is 4.88. The van der Waals surface area contributed by atoms with Gasteiger partial charge in [0.05, 0.1) is 17.4 Å². The van der Waals surface area contributed by atoms with Gasteiger partial charge in [0.25, 0.3) is 0 Å². The third-order valence-electron chi connectivity index (χ3n) is 3.69. The summed E-state index contributed by atoms with van der Waals surface area (Å²) in [5, 5.41) is 7.81. The van der Waals surface area contributed by atoms with Gasteiger partial charge in [-0.15, -0.1) is 0 Å². The van der Waals surface area contributed by atoms with Gasteiger partial charge >= 0.3 is 0 Å². The molecule has 1 unspecified atom stereocenters. The van der Waals surface area contributed by atoms with Crippen LogP contribution >= 0.6 is 0 Å². The highest BCUT2D eigenvalue weighted by atomic mass is 16.1. The average Bonchev–Trinajstić information content (AvgIpc) is 2.94. The van der Waals surface area contributed by atoms with Crippen LogP contribution < -0.4 is 5.73 Å². The molecule has 3 aromatic rings. The van der Waals surface area contributed by atoms with E-state index in [1.165, 1.54) is 0 Å². The number of nitrogens with zero attached hydrogens (tertiary/aromatic N) is 2. The number of aromatic nitrogens is 3. The molecule has 1 amide bonds. The number of aromatic amines is 1. The summed E-state index contributed by atoms with van der Waals surface area (Å²) in [6.07, 6.45) is 3.38. The van der Waals surface area contributed by atoms with E-state index in [0.717, 1.165) is 16.5 Å². The van der Waals surface area contributed by atoms with Crippen molar-refractivity contribution in [3.8, 4) is 0 Å². The molecule has 1 atom stereocenters. The minimum atomic E-state index is -0.966. The van der Waals surface area contributed by atoms with Crippen LogP contribution in [-0.2, 0) is 10.2 Å². The van der Waals surface area contributed by atoms with Crippen molar-refractivity contribution in [3.63, 3.8) is 0 Å². The molecule has 3 N–H and O–H groups in total. The standard InChI is InChI=1S/C15H14N4O/c1-15(14(16)20,13-4-2-3-7-17-13)11-5-6-12-10(8-11)9-18-19-12/h2-9H,1H3,(H2,16,20)(H,18,19). The summed E-state index contributed by atoms with van der Waals surface area (Å²) in [4.78, 5) is 16.3. The Bertz CT molecular complexity index is 766. The van der Waals surface area contributed by atoms with E-state index in [9.17, 15) is 4.79 Å². The largest absolute Gasteiger partial charge is 0.369 e. The Balaban J connectivity index is 2.22. The first-order valence-corrected chi connectivity index (χ1v) is 6.27. The van der Waals surface area contributed by atoms with Crippen molar-refractivity contribution in [3.05, 3.63) is 60.0 Å². The van der Waals surface area contributed by atoms with Crippen LogP contribution in [0, 0.1) is 0 Å². The Labute approximate surface area is 115 Å². The topological polar surface area (TPSA) is 84.7 Å². The number of nitrogens with two attached hydrogens (primary N) is 1. The maximum atomic E-state index is 12.1. The number of carbonyl (C=O) groups is 1. The van der Waals surface area contributed by atoms with E-state index in [1.807, 2.05) is 36.4 Å². The molecule has 2 heterocycles. The molecule has 0 aliphatic heterocycles. The van der Waals surface area contributed by atoms with Crippen molar-refractivity contribution < 1.29 is 4.79 Å². The molecule has 0 fully saturated rings. The maximum absolute atomic E-state index is 12.1. The molecular formula is C15H14N4O. The van der Waals surface area contributed by atoms with E-state index in [-0.39, 0.29) is 0 Å². The van der Waals surface area contributed by atoms with E-state index < -0.39 is 11.3 Å². The number of nitrogens with one attached hydrogen (secondary N) is 1. The van der Waals surface area contributed by atoms with Gasteiger partial charge in [-0.25, -0.2) is 0 Å². The Morgan fingerprint density at radius 3 is 2.85 bits per heavy atom. The van der Waals surface area contributed by atoms with E-state index in [4.69, 9.17) is 5.73 Å². The molecule has 0 saturated heterocycles. The Kier molecular flexibility index (Phi) is 2.75. The molecule has 0 spiro atoms. The van der Waals surface area contributed by atoms with Gasteiger partial charge in [-0.05, 0) is 36.8 Å². The molecule has 0 radical (unpaired) electrons. The van der Waals surface area contributed by atoms with Crippen LogP contribution in [0.1, 0.15) is 18.2 Å². The lowest BCUT2D eigenvalue weighted by atomic mass is 9.78. The predicted octanol–water partition coefficient (Wildman–Crippen LogP) is 1.75. The lowest BCUT2D eigenvalue weighted by Crippen LogP contribution is -2.40. The molecule has 5 heteroatoms. The molecule has 3 rings (SSSR count). The number of hydrogen-bond donors (Lipinski definition) is 2. The third-order valence-corrected chi connectivity index (χ3v) is 3.69. The molecule has 100 valence electrons. The first-order chi connectivity index (χ1) is 9.62. The summed E-state index contributed by atoms with van der Waals surface area (Å²) in [5.74, 6) is -0.431. The molecular weight excluding hydrogens is 252 g/mol. The molecule has 5 nitrogen and oxygen atoms in total. The first kappa shape index (κ1) is 12.3. The highest BCUT2D eigenvalue weighted by Gasteiger charge is 2.36. The van der Waals surface area contributed by atoms with Gasteiger partial charge in [-0.2, -0.15) is 5.10 Å². The number of primary amides is 1. The van der Waals surface area contributed by atoms with Crippen molar-refractivity contribution in [1.29, 1.82) is 0 Å². The van der Waals surface area contributed by atoms with Crippen molar-refractivity contribution >= 4 is 16.8 Å². The fourth-order valence-corrected chi connectivity index (χ4v) is 2.33. The van der Waals surface area contributed by atoms with Crippen LogP contribution in [0.25, 0.3) is 10.9 Å². The van der Waals surface area contributed by atoms with Gasteiger partial charge < -0.3 is 5.73 Å². The zero-order valence-electron chi connectivity index (χ0n) is 11.0. The minimum Gasteiger partial charge on any atom is -0.369 e. The normalized spacial score (nSPS) is 14.1. The Morgan fingerprint density at radius 1 is 1.30 bits per heavy atom. The fourth-order valence-electron chi connectivity index (χ4n) is 2.33. The number of carbonyl (C=O) groups excluding carboxylic acids is 1. The second kappa shape index (κ2) is 4.45. The number of pyridine rings is 1. The van der Waals surface area contributed by atoms with Crippen LogP contribution in [0.3, 0.4) is 0 Å². The van der Waals surface area contributed by atoms with Gasteiger partial charge in [0.1, 0.15) is 5.41 Å². The first-order valence-electron chi connectivity index (χ1n) is 6.27. The predicted molar refractivity (Wildman–Crippen MR) is 76.0 cm³/mol. The fraction of sp³-hybridized carbons (Fsp3) is 0.133. The lowest BCUT2D eigenvalue weighted by Gasteiger charge is -2.26. The Morgan fingerprint density at radius 2 is 2.15 bits per heavy atom. The summed E-state index contributed by atoms with van der Waals surface area (Å²) >= 11 is 0. The molecule has 0 aliphatic carbocycles. The average molecular weight is 266 g/mol. The van der Waals surface area contributed by atoms with Gasteiger partial charge in [0.15, 0.2) is 0 Å². The molecule has 1 aromatic carbocycles. The van der Waals surface area contributed by atoms with E-state index in [2.05, 4.69) is 15.2 Å². The summed E-state index contributed by atoms with van der Waals surface area (Å²) in [5.41, 5.74) is 7.04. The number of fused-ring (bicyclic) bond motifs is 1. The van der Waals surface area contributed by atoms with Crippen molar-refractivity contribution in [2.75, 3.05) is 0 Å².